The Morgan fingerprint density at radius 3 is 1.46 bits per heavy atom. The number of hydrogen-bond donors (Lipinski definition) is 1. The molecule has 0 bridgehead atoms. The van der Waals surface area contributed by atoms with Crippen LogP contribution in [0.5, 0.6) is 0 Å². The zero-order chi connectivity index (χ0) is 33.4. The standard InChI is InChI=1S/C20H15F3N2O3.C12H13F3N2O/c21-20(22,23)16-8-4-1-5-12(16)10-24-11-13(9-17(24)26)25-18(27)14-6-2-3-7-15(14)19(25)28;13-12(14,15)10-4-2-1-3-8(10)6-17-7-9(16)5-11(17)18/h1-8,13H,9-11H2;1-4,9H,5-7,16H2. The van der Waals surface area contributed by atoms with Crippen molar-refractivity contribution in [2.45, 2.75) is 50.4 Å². The Balaban J connectivity index is 0.000000200. The van der Waals surface area contributed by atoms with Gasteiger partial charge in [0.05, 0.1) is 28.3 Å². The first-order valence-electron chi connectivity index (χ1n) is 14.2. The lowest BCUT2D eigenvalue weighted by atomic mass is 10.1. The third kappa shape index (κ3) is 6.76. The summed E-state index contributed by atoms with van der Waals surface area (Å²) >= 11 is 0. The number of benzene rings is 3. The van der Waals surface area contributed by atoms with Crippen molar-refractivity contribution in [1.82, 2.24) is 14.7 Å². The van der Waals surface area contributed by atoms with Crippen LogP contribution < -0.4 is 5.73 Å². The molecule has 3 aromatic rings. The molecular weight excluding hydrogens is 618 g/mol. The molecule has 0 spiro atoms. The molecule has 46 heavy (non-hydrogen) atoms. The third-order valence-electron chi connectivity index (χ3n) is 8.00. The quantitative estimate of drug-likeness (QED) is 0.315. The van der Waals surface area contributed by atoms with Crippen molar-refractivity contribution in [3.05, 3.63) is 106 Å². The molecule has 2 fully saturated rings. The van der Waals surface area contributed by atoms with Gasteiger partial charge in [-0.05, 0) is 35.4 Å². The Labute approximate surface area is 259 Å². The van der Waals surface area contributed by atoms with Crippen LogP contribution in [0.3, 0.4) is 0 Å². The minimum atomic E-state index is -4.53. The second-order valence-corrected chi connectivity index (χ2v) is 11.2. The molecule has 14 heteroatoms. The normalized spacial score (nSPS) is 19.9. The van der Waals surface area contributed by atoms with Crippen molar-refractivity contribution >= 4 is 23.6 Å². The van der Waals surface area contributed by atoms with Crippen molar-refractivity contribution in [3.63, 3.8) is 0 Å². The van der Waals surface area contributed by atoms with E-state index in [0.29, 0.717) is 6.54 Å². The van der Waals surface area contributed by atoms with Gasteiger partial charge in [0.25, 0.3) is 11.8 Å². The number of halogens is 6. The number of rotatable bonds is 5. The van der Waals surface area contributed by atoms with Gasteiger partial charge in [-0.25, -0.2) is 0 Å². The molecule has 0 aliphatic carbocycles. The van der Waals surface area contributed by atoms with E-state index in [-0.39, 0.29) is 66.7 Å². The molecule has 6 rings (SSSR count). The van der Waals surface area contributed by atoms with Crippen LogP contribution in [0.1, 0.15) is 55.8 Å². The van der Waals surface area contributed by atoms with E-state index in [1.807, 2.05) is 0 Å². The molecule has 4 amide bonds. The average Bonchev–Trinajstić information content (AvgIpc) is 3.59. The molecule has 2 saturated heterocycles. The summed E-state index contributed by atoms with van der Waals surface area (Å²) < 4.78 is 77.9. The Hall–Kier alpha value is -4.72. The molecule has 242 valence electrons. The van der Waals surface area contributed by atoms with Crippen molar-refractivity contribution < 1.29 is 45.5 Å². The lowest BCUT2D eigenvalue weighted by Gasteiger charge is -2.23. The largest absolute Gasteiger partial charge is 0.416 e. The van der Waals surface area contributed by atoms with Crippen LogP contribution in [0, 0.1) is 0 Å². The predicted octanol–water partition coefficient (Wildman–Crippen LogP) is 4.87. The maximum atomic E-state index is 13.2. The van der Waals surface area contributed by atoms with Crippen molar-refractivity contribution in [2.24, 2.45) is 5.73 Å². The predicted molar refractivity (Wildman–Crippen MR) is 152 cm³/mol. The van der Waals surface area contributed by atoms with Crippen LogP contribution in [0.15, 0.2) is 72.8 Å². The molecule has 0 radical (unpaired) electrons. The zero-order valence-electron chi connectivity index (χ0n) is 24.1. The lowest BCUT2D eigenvalue weighted by Crippen LogP contribution is -2.41. The van der Waals surface area contributed by atoms with Crippen LogP contribution in [0.4, 0.5) is 26.3 Å². The smallest absolute Gasteiger partial charge is 0.337 e. The highest BCUT2D eigenvalue weighted by molar-refractivity contribution is 6.21. The molecule has 8 nitrogen and oxygen atoms in total. The maximum Gasteiger partial charge on any atom is 0.416 e. The highest BCUT2D eigenvalue weighted by Crippen LogP contribution is 2.35. The van der Waals surface area contributed by atoms with Crippen molar-refractivity contribution in [1.29, 1.82) is 0 Å². The van der Waals surface area contributed by atoms with E-state index in [1.165, 1.54) is 46.2 Å². The summed E-state index contributed by atoms with van der Waals surface area (Å²) in [5, 5.41) is 0. The molecule has 3 aromatic carbocycles. The molecule has 3 heterocycles. The van der Waals surface area contributed by atoms with Gasteiger partial charge in [0.1, 0.15) is 0 Å². The number of amides is 4. The van der Waals surface area contributed by atoms with Crippen LogP contribution in [0.2, 0.25) is 0 Å². The van der Waals surface area contributed by atoms with Crippen LogP contribution in [-0.4, -0.2) is 63.5 Å². The first kappa shape index (κ1) is 32.7. The number of fused-ring (bicyclic) bond motifs is 1. The lowest BCUT2D eigenvalue weighted by molar-refractivity contribution is -0.139. The summed E-state index contributed by atoms with van der Waals surface area (Å²) in [5.74, 6) is -1.54. The molecule has 3 aliphatic rings. The van der Waals surface area contributed by atoms with E-state index in [0.717, 1.165) is 17.0 Å². The summed E-state index contributed by atoms with van der Waals surface area (Å²) in [6.07, 6.45) is -8.82. The number of alkyl halides is 6. The average molecular weight is 647 g/mol. The van der Waals surface area contributed by atoms with Crippen molar-refractivity contribution in [3.8, 4) is 0 Å². The van der Waals surface area contributed by atoms with Gasteiger partial charge in [-0.15, -0.1) is 0 Å². The summed E-state index contributed by atoms with van der Waals surface area (Å²) in [6, 6.07) is 15.8. The van der Waals surface area contributed by atoms with Crippen LogP contribution >= 0.6 is 0 Å². The molecule has 2 unspecified atom stereocenters. The molecule has 2 N–H and O–H groups in total. The van der Waals surface area contributed by atoms with Gasteiger partial charge in [0.2, 0.25) is 11.8 Å². The Bertz CT molecular complexity index is 1640. The highest BCUT2D eigenvalue weighted by Gasteiger charge is 2.45. The van der Waals surface area contributed by atoms with Gasteiger partial charge in [0.15, 0.2) is 0 Å². The monoisotopic (exact) mass is 646 g/mol. The topological polar surface area (TPSA) is 104 Å². The third-order valence-corrected chi connectivity index (χ3v) is 8.00. The fraction of sp³-hybridized carbons (Fsp3) is 0.312. The SMILES string of the molecule is NC1CC(=O)N(Cc2ccccc2C(F)(F)F)C1.O=C1CC(N2C(=O)c3ccccc3C2=O)CN1Cc1ccccc1C(F)(F)F. The minimum Gasteiger partial charge on any atom is -0.337 e. The van der Waals surface area contributed by atoms with E-state index in [2.05, 4.69) is 0 Å². The van der Waals surface area contributed by atoms with Crippen LogP contribution in [-0.2, 0) is 35.0 Å². The molecule has 0 saturated carbocycles. The number of imide groups is 1. The van der Waals surface area contributed by atoms with E-state index in [1.54, 1.807) is 24.3 Å². The summed E-state index contributed by atoms with van der Waals surface area (Å²) in [6.45, 7) is 0.0535. The highest BCUT2D eigenvalue weighted by atomic mass is 19.4. The second-order valence-electron chi connectivity index (χ2n) is 11.2. The van der Waals surface area contributed by atoms with Gasteiger partial charge in [-0.2, -0.15) is 26.3 Å². The fourth-order valence-corrected chi connectivity index (χ4v) is 5.85. The van der Waals surface area contributed by atoms with Crippen molar-refractivity contribution in [2.75, 3.05) is 13.1 Å². The van der Waals surface area contributed by atoms with E-state index < -0.39 is 47.2 Å². The van der Waals surface area contributed by atoms with Crippen LogP contribution in [0.25, 0.3) is 0 Å². The summed E-state index contributed by atoms with van der Waals surface area (Å²) in [7, 11) is 0. The van der Waals surface area contributed by atoms with Gasteiger partial charge >= 0.3 is 12.4 Å². The minimum absolute atomic E-state index is 0.0104. The number of likely N-dealkylation sites (tertiary alicyclic amines) is 2. The number of carbonyl (C=O) groups excluding carboxylic acids is 4. The molecule has 2 atom stereocenters. The molecule has 3 aliphatic heterocycles. The number of nitrogens with zero attached hydrogens (tertiary/aromatic N) is 3. The second kappa shape index (κ2) is 12.6. The summed E-state index contributed by atoms with van der Waals surface area (Å²) in [5.41, 5.74) is 4.75. The van der Waals surface area contributed by atoms with E-state index >= 15 is 0 Å². The fourth-order valence-electron chi connectivity index (χ4n) is 5.85. The van der Waals surface area contributed by atoms with Gasteiger partial charge in [-0.1, -0.05) is 48.5 Å². The van der Waals surface area contributed by atoms with E-state index in [4.69, 9.17) is 5.73 Å². The Kier molecular flexibility index (Phi) is 8.94. The number of carbonyl (C=O) groups is 4. The number of hydrogen-bond acceptors (Lipinski definition) is 5. The Morgan fingerprint density at radius 2 is 1.02 bits per heavy atom. The Morgan fingerprint density at radius 1 is 0.609 bits per heavy atom. The number of nitrogens with two attached hydrogens (primary N) is 1. The zero-order valence-corrected chi connectivity index (χ0v) is 24.1. The first-order valence-corrected chi connectivity index (χ1v) is 14.2. The summed E-state index contributed by atoms with van der Waals surface area (Å²) in [4.78, 5) is 52.7. The first-order chi connectivity index (χ1) is 21.6. The maximum absolute atomic E-state index is 13.2. The van der Waals surface area contributed by atoms with Gasteiger partial charge in [0, 0.05) is 45.1 Å². The van der Waals surface area contributed by atoms with Gasteiger partial charge in [-0.3, -0.25) is 24.1 Å². The van der Waals surface area contributed by atoms with E-state index in [9.17, 15) is 45.5 Å². The molecular formula is C32H28F6N4O4. The van der Waals surface area contributed by atoms with Gasteiger partial charge < -0.3 is 15.5 Å². The molecule has 0 aromatic heterocycles.